The molecule has 98 valence electrons. The van der Waals surface area contributed by atoms with Crippen molar-refractivity contribution >= 4 is 21.6 Å². The summed E-state index contributed by atoms with van der Waals surface area (Å²) in [6.45, 7) is 8.05. The molecule has 0 aliphatic carbocycles. The van der Waals surface area contributed by atoms with Gasteiger partial charge in [0.25, 0.3) is 5.56 Å². The van der Waals surface area contributed by atoms with Crippen molar-refractivity contribution in [2.75, 3.05) is 13.2 Å². The van der Waals surface area contributed by atoms with Crippen LogP contribution in [0.15, 0.2) is 11.1 Å². The summed E-state index contributed by atoms with van der Waals surface area (Å²) in [4.78, 5) is 18.7. The first-order valence-electron chi connectivity index (χ1n) is 6.18. The molecule has 0 saturated carbocycles. The molecule has 0 unspecified atom stereocenters. The Morgan fingerprint density at radius 2 is 2.22 bits per heavy atom. The Hall–Kier alpha value is -1.20. The molecular weight excluding hydrogens is 248 g/mol. The molecule has 0 radical (unpaired) electrons. The first-order chi connectivity index (χ1) is 8.65. The second-order valence-electron chi connectivity index (χ2n) is 4.26. The highest BCUT2D eigenvalue weighted by Gasteiger charge is 2.11. The zero-order chi connectivity index (χ0) is 13.1. The molecule has 2 rings (SSSR count). The summed E-state index contributed by atoms with van der Waals surface area (Å²) in [7, 11) is 0. The van der Waals surface area contributed by atoms with E-state index in [0.717, 1.165) is 28.8 Å². The number of thiophene rings is 1. The Balaban J connectivity index is 2.27. The Kier molecular flexibility index (Phi) is 4.14. The lowest BCUT2D eigenvalue weighted by Crippen LogP contribution is -2.21. The highest BCUT2D eigenvalue weighted by atomic mass is 32.1. The molecular formula is C13H18N2O2S. The lowest BCUT2D eigenvalue weighted by atomic mass is 10.2. The minimum atomic E-state index is 0.0679. The fourth-order valence-electron chi connectivity index (χ4n) is 1.91. The van der Waals surface area contributed by atoms with Crippen LogP contribution in [0.25, 0.3) is 10.2 Å². The maximum atomic E-state index is 12.3. The normalized spacial score (nSPS) is 11.3. The molecule has 2 aromatic rings. The Labute approximate surface area is 110 Å². The highest BCUT2D eigenvalue weighted by molar-refractivity contribution is 7.18. The number of ether oxygens (including phenoxy) is 1. The first-order valence-corrected chi connectivity index (χ1v) is 6.99. The number of fused-ring (bicyclic) bond motifs is 1. The van der Waals surface area contributed by atoms with Crippen molar-refractivity contribution in [1.29, 1.82) is 0 Å². The van der Waals surface area contributed by atoms with E-state index >= 15 is 0 Å². The van der Waals surface area contributed by atoms with Crippen molar-refractivity contribution in [2.45, 2.75) is 33.7 Å². The Morgan fingerprint density at radius 3 is 2.94 bits per heavy atom. The van der Waals surface area contributed by atoms with Crippen LogP contribution >= 0.6 is 11.3 Å². The second-order valence-corrected chi connectivity index (χ2v) is 5.46. The molecule has 0 aliphatic rings. The van der Waals surface area contributed by atoms with Crippen LogP contribution in [0, 0.1) is 13.8 Å². The first kappa shape index (κ1) is 13.2. The van der Waals surface area contributed by atoms with E-state index in [-0.39, 0.29) is 5.56 Å². The lowest BCUT2D eigenvalue weighted by molar-refractivity contribution is 0.141. The van der Waals surface area contributed by atoms with Crippen molar-refractivity contribution in [3.63, 3.8) is 0 Å². The maximum Gasteiger partial charge on any atom is 0.262 e. The van der Waals surface area contributed by atoms with Crippen LogP contribution in [0.3, 0.4) is 0 Å². The van der Waals surface area contributed by atoms with Crippen LogP contribution in [0.2, 0.25) is 0 Å². The van der Waals surface area contributed by atoms with Crippen molar-refractivity contribution in [2.24, 2.45) is 0 Å². The summed E-state index contributed by atoms with van der Waals surface area (Å²) in [5, 5.41) is 0.774. The van der Waals surface area contributed by atoms with Crippen LogP contribution in [0.4, 0.5) is 0 Å². The molecule has 0 aromatic carbocycles. The number of hydrogen-bond acceptors (Lipinski definition) is 4. The smallest absolute Gasteiger partial charge is 0.262 e. The zero-order valence-corrected chi connectivity index (χ0v) is 11.8. The minimum absolute atomic E-state index is 0.0679. The molecule has 0 atom stereocenters. The van der Waals surface area contributed by atoms with Crippen molar-refractivity contribution < 1.29 is 4.74 Å². The zero-order valence-electron chi connectivity index (χ0n) is 11.0. The summed E-state index contributed by atoms with van der Waals surface area (Å²) in [5.74, 6) is 0. The molecule has 0 bridgehead atoms. The lowest BCUT2D eigenvalue weighted by Gasteiger charge is -2.05. The molecule has 4 nitrogen and oxygen atoms in total. The third-order valence-corrected chi connectivity index (χ3v) is 4.16. The number of hydrogen-bond donors (Lipinski definition) is 0. The van der Waals surface area contributed by atoms with E-state index in [2.05, 4.69) is 4.98 Å². The third kappa shape index (κ3) is 2.47. The van der Waals surface area contributed by atoms with Gasteiger partial charge in [0.2, 0.25) is 0 Å². The van der Waals surface area contributed by atoms with Gasteiger partial charge >= 0.3 is 0 Å². The standard InChI is InChI=1S/C13H18N2O2S/c1-4-17-7-5-6-15-8-14-12-11(13(15)16)9(2)10(3)18-12/h8H,4-7H2,1-3H3. The summed E-state index contributed by atoms with van der Waals surface area (Å²) < 4.78 is 6.96. The van der Waals surface area contributed by atoms with Gasteiger partial charge in [-0.05, 0) is 32.8 Å². The van der Waals surface area contributed by atoms with E-state index in [1.807, 2.05) is 20.8 Å². The average molecular weight is 266 g/mol. The number of aromatic nitrogens is 2. The molecule has 0 amide bonds. The molecule has 0 fully saturated rings. The second kappa shape index (κ2) is 5.63. The van der Waals surface area contributed by atoms with Gasteiger partial charge in [-0.25, -0.2) is 4.98 Å². The minimum Gasteiger partial charge on any atom is -0.382 e. The largest absolute Gasteiger partial charge is 0.382 e. The van der Waals surface area contributed by atoms with E-state index in [4.69, 9.17) is 4.74 Å². The Morgan fingerprint density at radius 1 is 1.44 bits per heavy atom. The molecule has 5 heteroatoms. The number of rotatable bonds is 5. The van der Waals surface area contributed by atoms with Gasteiger partial charge in [0.05, 0.1) is 11.7 Å². The monoisotopic (exact) mass is 266 g/mol. The van der Waals surface area contributed by atoms with Gasteiger partial charge in [-0.3, -0.25) is 9.36 Å². The molecule has 18 heavy (non-hydrogen) atoms. The van der Waals surface area contributed by atoms with Gasteiger partial charge in [0.15, 0.2) is 0 Å². The summed E-state index contributed by atoms with van der Waals surface area (Å²) in [6.07, 6.45) is 2.48. The maximum absolute atomic E-state index is 12.3. The van der Waals surface area contributed by atoms with Gasteiger partial charge in [0, 0.05) is 24.6 Å². The predicted molar refractivity (Wildman–Crippen MR) is 74.5 cm³/mol. The van der Waals surface area contributed by atoms with Gasteiger partial charge in [-0.15, -0.1) is 11.3 Å². The quantitative estimate of drug-likeness (QED) is 0.781. The molecule has 0 spiro atoms. The van der Waals surface area contributed by atoms with E-state index in [0.29, 0.717) is 13.2 Å². The Bertz CT molecular complexity index is 601. The van der Waals surface area contributed by atoms with Crippen LogP contribution < -0.4 is 5.56 Å². The van der Waals surface area contributed by atoms with E-state index in [1.165, 1.54) is 4.88 Å². The molecule has 2 heterocycles. The number of aryl methyl sites for hydroxylation is 3. The van der Waals surface area contributed by atoms with Crippen molar-refractivity contribution in [1.82, 2.24) is 9.55 Å². The van der Waals surface area contributed by atoms with Crippen LogP contribution in [-0.4, -0.2) is 22.8 Å². The fraction of sp³-hybridized carbons (Fsp3) is 0.538. The van der Waals surface area contributed by atoms with E-state index in [1.54, 1.807) is 22.2 Å². The number of nitrogens with zero attached hydrogens (tertiary/aromatic N) is 2. The summed E-state index contributed by atoms with van der Waals surface area (Å²) >= 11 is 1.58. The van der Waals surface area contributed by atoms with Gasteiger partial charge in [-0.2, -0.15) is 0 Å². The third-order valence-electron chi connectivity index (χ3n) is 3.05. The van der Waals surface area contributed by atoms with Gasteiger partial charge in [0.1, 0.15) is 4.83 Å². The van der Waals surface area contributed by atoms with Crippen molar-refractivity contribution in [3.8, 4) is 0 Å². The topological polar surface area (TPSA) is 44.1 Å². The van der Waals surface area contributed by atoms with Crippen molar-refractivity contribution in [3.05, 3.63) is 27.1 Å². The van der Waals surface area contributed by atoms with E-state index < -0.39 is 0 Å². The van der Waals surface area contributed by atoms with Crippen LogP contribution in [0.5, 0.6) is 0 Å². The SMILES string of the molecule is CCOCCCn1cnc2sc(C)c(C)c2c1=O. The van der Waals surface area contributed by atoms with Crippen LogP contribution in [0.1, 0.15) is 23.8 Å². The van der Waals surface area contributed by atoms with E-state index in [9.17, 15) is 4.79 Å². The average Bonchev–Trinajstić information content (AvgIpc) is 2.64. The van der Waals surface area contributed by atoms with Gasteiger partial charge in [-0.1, -0.05) is 0 Å². The molecule has 0 aliphatic heterocycles. The fourth-order valence-corrected chi connectivity index (χ4v) is 2.90. The highest BCUT2D eigenvalue weighted by Crippen LogP contribution is 2.25. The predicted octanol–water partition coefficient (Wildman–Crippen LogP) is 2.50. The van der Waals surface area contributed by atoms with Crippen LogP contribution in [-0.2, 0) is 11.3 Å². The molecule has 0 N–H and O–H groups in total. The summed E-state index contributed by atoms with van der Waals surface area (Å²) in [5.41, 5.74) is 1.13. The molecule has 0 saturated heterocycles. The van der Waals surface area contributed by atoms with Gasteiger partial charge < -0.3 is 4.74 Å². The molecule has 2 aromatic heterocycles. The summed E-state index contributed by atoms with van der Waals surface area (Å²) in [6, 6.07) is 0.